The van der Waals surface area contributed by atoms with Gasteiger partial charge in [0.25, 0.3) is 0 Å². The van der Waals surface area contributed by atoms with Crippen molar-refractivity contribution in [3.05, 3.63) is 41.6 Å². The number of alkyl halides is 1. The van der Waals surface area contributed by atoms with Crippen LogP contribution in [0.1, 0.15) is 38.2 Å². The van der Waals surface area contributed by atoms with Gasteiger partial charge in [-0.25, -0.2) is 19.0 Å². The predicted molar refractivity (Wildman–Crippen MR) is 129 cm³/mol. The summed E-state index contributed by atoms with van der Waals surface area (Å²) >= 11 is 5.75. The Morgan fingerprint density at radius 2 is 1.82 bits per heavy atom. The number of benzene rings is 1. The van der Waals surface area contributed by atoms with Crippen LogP contribution in [0.5, 0.6) is 0 Å². The molecule has 0 radical (unpaired) electrons. The van der Waals surface area contributed by atoms with Crippen molar-refractivity contribution in [3.8, 4) is 5.69 Å². The van der Waals surface area contributed by atoms with E-state index in [1.54, 1.807) is 16.8 Å². The number of anilines is 1. The van der Waals surface area contributed by atoms with Crippen molar-refractivity contribution >= 4 is 34.4 Å². The van der Waals surface area contributed by atoms with E-state index in [4.69, 9.17) is 26.7 Å². The minimum Gasteiger partial charge on any atom is -0.352 e. The van der Waals surface area contributed by atoms with E-state index >= 15 is 0 Å². The molecule has 3 heterocycles. The van der Waals surface area contributed by atoms with E-state index in [-0.39, 0.29) is 11.7 Å². The van der Waals surface area contributed by atoms with Gasteiger partial charge in [-0.15, -0.1) is 11.6 Å². The van der Waals surface area contributed by atoms with E-state index < -0.39 is 0 Å². The second kappa shape index (κ2) is 10.0. The van der Waals surface area contributed by atoms with Crippen LogP contribution >= 0.6 is 11.6 Å². The van der Waals surface area contributed by atoms with Crippen LogP contribution in [0.2, 0.25) is 0 Å². The average molecular weight is 473 g/mol. The Kier molecular flexibility index (Phi) is 7.12. The van der Waals surface area contributed by atoms with E-state index in [2.05, 4.69) is 18.7 Å². The molecule has 1 aliphatic heterocycles. The van der Waals surface area contributed by atoms with Crippen LogP contribution < -0.4 is 4.90 Å². The highest BCUT2D eigenvalue weighted by molar-refractivity contribution is 6.18. The molecule has 0 atom stereocenters. The van der Waals surface area contributed by atoms with Gasteiger partial charge in [0.15, 0.2) is 5.65 Å². The predicted octanol–water partition coefficient (Wildman–Crippen LogP) is 4.13. The number of carbonyl (C=O) groups is 1. The van der Waals surface area contributed by atoms with Gasteiger partial charge in [-0.1, -0.05) is 13.8 Å². The highest BCUT2D eigenvalue weighted by Crippen LogP contribution is 2.30. The Morgan fingerprint density at radius 3 is 2.45 bits per heavy atom. The first-order valence-electron chi connectivity index (χ1n) is 11.5. The molecule has 7 nitrogen and oxygen atoms in total. The summed E-state index contributed by atoms with van der Waals surface area (Å²) in [6, 6.07) is 6.27. The molecule has 1 aliphatic rings. The number of piperazine rings is 1. The maximum Gasteiger partial charge on any atom is 0.223 e. The summed E-state index contributed by atoms with van der Waals surface area (Å²) in [5.74, 6) is 2.31. The molecule has 0 unspecified atom stereocenters. The third kappa shape index (κ3) is 5.11. The van der Waals surface area contributed by atoms with Gasteiger partial charge in [-0.05, 0) is 43.5 Å². The fourth-order valence-corrected chi connectivity index (χ4v) is 4.29. The van der Waals surface area contributed by atoms with E-state index in [9.17, 15) is 9.18 Å². The zero-order valence-electron chi connectivity index (χ0n) is 19.4. The summed E-state index contributed by atoms with van der Waals surface area (Å²) in [6.45, 7) is 8.95. The molecular formula is C24H30ClFN6O. The molecule has 1 fully saturated rings. The molecule has 0 aliphatic carbocycles. The van der Waals surface area contributed by atoms with Gasteiger partial charge in [0.2, 0.25) is 5.91 Å². The number of hydrogen-bond donors (Lipinski definition) is 0. The smallest absolute Gasteiger partial charge is 0.223 e. The zero-order chi connectivity index (χ0) is 23.5. The highest BCUT2D eigenvalue weighted by atomic mass is 35.5. The fraction of sp³-hybridized carbons (Fsp3) is 0.500. The number of carbonyl (C=O) groups excluding carboxylic acids is 1. The molecule has 0 N–H and O–H groups in total. The van der Waals surface area contributed by atoms with Gasteiger partial charge in [0.1, 0.15) is 17.5 Å². The first-order chi connectivity index (χ1) is 15.9. The number of aryl methyl sites for hydroxylation is 2. The molecule has 1 amide bonds. The molecule has 0 spiro atoms. The number of rotatable bonds is 7. The number of aromatic nitrogens is 4. The van der Waals surface area contributed by atoms with Crippen LogP contribution in [0.25, 0.3) is 16.7 Å². The summed E-state index contributed by atoms with van der Waals surface area (Å²) < 4.78 is 15.3. The van der Waals surface area contributed by atoms with E-state index in [0.29, 0.717) is 44.4 Å². The lowest BCUT2D eigenvalue weighted by atomic mass is 10.1. The minimum atomic E-state index is -0.290. The lowest BCUT2D eigenvalue weighted by Crippen LogP contribution is -2.49. The van der Waals surface area contributed by atoms with Crippen molar-refractivity contribution in [1.82, 2.24) is 24.6 Å². The van der Waals surface area contributed by atoms with E-state index in [1.165, 1.54) is 12.1 Å². The first-order valence-corrected chi connectivity index (χ1v) is 12.0. The second-order valence-electron chi connectivity index (χ2n) is 8.88. The van der Waals surface area contributed by atoms with Gasteiger partial charge < -0.3 is 9.80 Å². The third-order valence-electron chi connectivity index (χ3n) is 5.99. The molecule has 9 heteroatoms. The van der Waals surface area contributed by atoms with Crippen LogP contribution in [0, 0.1) is 18.7 Å². The quantitative estimate of drug-likeness (QED) is 0.484. The monoisotopic (exact) mass is 472 g/mol. The van der Waals surface area contributed by atoms with Crippen LogP contribution in [0.3, 0.4) is 0 Å². The van der Waals surface area contributed by atoms with Crippen molar-refractivity contribution in [3.63, 3.8) is 0 Å². The van der Waals surface area contributed by atoms with Gasteiger partial charge in [0, 0.05) is 44.9 Å². The van der Waals surface area contributed by atoms with E-state index in [0.717, 1.165) is 46.9 Å². The first kappa shape index (κ1) is 23.4. The van der Waals surface area contributed by atoms with Crippen LogP contribution in [0.4, 0.5) is 10.2 Å². The van der Waals surface area contributed by atoms with E-state index in [1.807, 2.05) is 11.8 Å². The Labute approximate surface area is 198 Å². The number of amides is 1. The Morgan fingerprint density at radius 1 is 1.12 bits per heavy atom. The lowest BCUT2D eigenvalue weighted by molar-refractivity contribution is -0.131. The van der Waals surface area contributed by atoms with Crippen molar-refractivity contribution in [2.45, 2.75) is 40.0 Å². The summed E-state index contributed by atoms with van der Waals surface area (Å²) in [6.07, 6.45) is 2.11. The van der Waals surface area contributed by atoms with Crippen LogP contribution in [0.15, 0.2) is 24.3 Å². The molecule has 0 saturated carbocycles. The molecule has 1 aromatic carbocycles. The third-order valence-corrected chi connectivity index (χ3v) is 6.18. The van der Waals surface area contributed by atoms with Crippen molar-refractivity contribution in [2.24, 2.45) is 5.92 Å². The lowest BCUT2D eigenvalue weighted by Gasteiger charge is -2.35. The van der Waals surface area contributed by atoms with Crippen LogP contribution in [-0.4, -0.2) is 62.6 Å². The molecule has 2 aromatic heterocycles. The molecule has 33 heavy (non-hydrogen) atoms. The Bertz CT molecular complexity index is 1120. The van der Waals surface area contributed by atoms with Crippen molar-refractivity contribution in [1.29, 1.82) is 0 Å². The van der Waals surface area contributed by atoms with Gasteiger partial charge in [0.05, 0.1) is 16.8 Å². The number of halogens is 2. The SMILES string of the molecule is Cc1nn(-c2ccc(F)cc2)c2nc(CCC(C)C)nc(N3CCN(C(=O)CCCl)CC3)c12. The summed E-state index contributed by atoms with van der Waals surface area (Å²) in [5, 5.41) is 5.63. The van der Waals surface area contributed by atoms with Crippen molar-refractivity contribution in [2.75, 3.05) is 37.0 Å². The highest BCUT2D eigenvalue weighted by Gasteiger charge is 2.26. The molecule has 1 saturated heterocycles. The summed E-state index contributed by atoms with van der Waals surface area (Å²) in [4.78, 5) is 26.2. The van der Waals surface area contributed by atoms with Crippen molar-refractivity contribution < 1.29 is 9.18 Å². The number of nitrogens with zero attached hydrogens (tertiary/aromatic N) is 6. The number of hydrogen-bond acceptors (Lipinski definition) is 5. The zero-order valence-corrected chi connectivity index (χ0v) is 20.1. The Balaban J connectivity index is 1.73. The molecule has 4 rings (SSSR count). The number of fused-ring (bicyclic) bond motifs is 1. The minimum absolute atomic E-state index is 0.0930. The largest absolute Gasteiger partial charge is 0.352 e. The average Bonchev–Trinajstić information content (AvgIpc) is 3.14. The topological polar surface area (TPSA) is 67.2 Å². The molecule has 3 aromatic rings. The molecule has 176 valence electrons. The summed E-state index contributed by atoms with van der Waals surface area (Å²) in [5.41, 5.74) is 2.30. The second-order valence-corrected chi connectivity index (χ2v) is 9.25. The van der Waals surface area contributed by atoms with Crippen LogP contribution in [-0.2, 0) is 11.2 Å². The standard InChI is InChI=1S/C24H30ClFN6O/c1-16(2)4-9-20-27-23(31-14-12-30(13-15-31)21(33)10-11-25)22-17(3)29-32(24(22)28-20)19-7-5-18(26)6-8-19/h5-8,16H,4,9-15H2,1-3H3. The fourth-order valence-electron chi connectivity index (χ4n) is 4.13. The Hall–Kier alpha value is -2.74. The van der Waals surface area contributed by atoms with Gasteiger partial charge >= 0.3 is 0 Å². The maximum atomic E-state index is 13.5. The molecule has 0 bridgehead atoms. The van der Waals surface area contributed by atoms with Gasteiger partial charge in [-0.3, -0.25) is 4.79 Å². The maximum absolute atomic E-state index is 13.5. The molecular weight excluding hydrogens is 443 g/mol. The summed E-state index contributed by atoms with van der Waals surface area (Å²) in [7, 11) is 0. The normalized spacial score (nSPS) is 14.5. The van der Waals surface area contributed by atoms with Gasteiger partial charge in [-0.2, -0.15) is 5.10 Å².